The lowest BCUT2D eigenvalue weighted by molar-refractivity contribution is 0.572. The molecule has 2 aromatic rings. The summed E-state index contributed by atoms with van der Waals surface area (Å²) >= 11 is 0. The number of hydrogen-bond acceptors (Lipinski definition) is 0. The molecule has 0 saturated carbocycles. The molecule has 0 saturated heterocycles. The van der Waals surface area contributed by atoms with Crippen LogP contribution in [0.2, 0.25) is 0 Å². The first-order chi connectivity index (χ1) is 10.8. The number of fused-ring (bicyclic) bond motifs is 1. The van der Waals surface area contributed by atoms with E-state index in [-0.39, 0.29) is 5.82 Å². The second-order valence-corrected chi connectivity index (χ2v) is 6.20. The van der Waals surface area contributed by atoms with Crippen molar-refractivity contribution in [2.75, 3.05) is 0 Å². The Hall–Kier alpha value is -1.89. The Morgan fingerprint density at radius 3 is 2.68 bits per heavy atom. The minimum atomic E-state index is -0.109. The summed E-state index contributed by atoms with van der Waals surface area (Å²) in [6.07, 6.45) is 9.68. The summed E-state index contributed by atoms with van der Waals surface area (Å²) in [4.78, 5) is 0. The van der Waals surface area contributed by atoms with Crippen LogP contribution in [0.3, 0.4) is 0 Å². The molecule has 1 unspecified atom stereocenters. The van der Waals surface area contributed by atoms with Crippen LogP contribution < -0.4 is 0 Å². The Kier molecular flexibility index (Phi) is 4.72. The first-order valence-corrected chi connectivity index (χ1v) is 8.23. The average Bonchev–Trinajstić information content (AvgIpc) is 2.55. The second-order valence-electron chi connectivity index (χ2n) is 6.20. The van der Waals surface area contributed by atoms with E-state index in [4.69, 9.17) is 0 Å². The molecule has 0 N–H and O–H groups in total. The molecule has 1 aliphatic rings. The maximum absolute atomic E-state index is 13.3. The van der Waals surface area contributed by atoms with Gasteiger partial charge in [-0.1, -0.05) is 42.5 Å². The fourth-order valence-electron chi connectivity index (χ4n) is 3.38. The topological polar surface area (TPSA) is 0 Å². The number of hydrogen-bond donors (Lipinski definition) is 0. The highest BCUT2D eigenvalue weighted by Gasteiger charge is 2.20. The van der Waals surface area contributed by atoms with Crippen molar-refractivity contribution in [1.82, 2.24) is 0 Å². The Morgan fingerprint density at radius 1 is 1.09 bits per heavy atom. The van der Waals surface area contributed by atoms with Crippen molar-refractivity contribution in [3.63, 3.8) is 0 Å². The van der Waals surface area contributed by atoms with E-state index in [1.54, 1.807) is 12.1 Å². The lowest BCUT2D eigenvalue weighted by Gasteiger charge is -2.25. The zero-order valence-corrected chi connectivity index (χ0v) is 13.2. The van der Waals surface area contributed by atoms with E-state index in [0.29, 0.717) is 5.92 Å². The Balaban J connectivity index is 1.69. The molecule has 0 aromatic heterocycles. The first kappa shape index (κ1) is 15.0. The lowest BCUT2D eigenvalue weighted by Crippen LogP contribution is -2.13. The van der Waals surface area contributed by atoms with Gasteiger partial charge in [0, 0.05) is 0 Å². The molecule has 0 heterocycles. The lowest BCUT2D eigenvalue weighted by atomic mass is 9.80. The van der Waals surface area contributed by atoms with Gasteiger partial charge in [-0.2, -0.15) is 0 Å². The van der Waals surface area contributed by atoms with Gasteiger partial charge in [0.2, 0.25) is 0 Å². The summed E-state index contributed by atoms with van der Waals surface area (Å²) in [5, 5.41) is 0. The fourth-order valence-corrected chi connectivity index (χ4v) is 3.38. The smallest absolute Gasteiger partial charge is 0.123 e. The number of allylic oxidation sites excluding steroid dienone is 2. The third kappa shape index (κ3) is 3.47. The van der Waals surface area contributed by atoms with Crippen molar-refractivity contribution in [1.29, 1.82) is 0 Å². The molecule has 114 valence electrons. The van der Waals surface area contributed by atoms with E-state index in [9.17, 15) is 4.39 Å². The van der Waals surface area contributed by atoms with E-state index >= 15 is 0 Å². The molecule has 0 spiro atoms. The number of benzene rings is 2. The maximum Gasteiger partial charge on any atom is 0.123 e. The van der Waals surface area contributed by atoms with Crippen LogP contribution in [0.4, 0.5) is 4.39 Å². The van der Waals surface area contributed by atoms with Crippen LogP contribution in [0.15, 0.2) is 54.6 Å². The van der Waals surface area contributed by atoms with E-state index in [2.05, 4.69) is 43.3 Å². The minimum Gasteiger partial charge on any atom is -0.207 e. The molecule has 22 heavy (non-hydrogen) atoms. The molecule has 1 aliphatic carbocycles. The van der Waals surface area contributed by atoms with Crippen molar-refractivity contribution in [2.24, 2.45) is 0 Å². The van der Waals surface area contributed by atoms with Gasteiger partial charge in [-0.15, -0.1) is 0 Å². The standard InChI is InChI=1S/C21H23F/c1-2-3-4-5-16-6-8-17(9-7-16)18-10-11-20-15-21(22)13-12-19(20)14-18/h2-3,6-9,12-13,15,18H,4-5,10-11,14H2,1H3/b3-2+. The van der Waals surface area contributed by atoms with Gasteiger partial charge in [0.15, 0.2) is 0 Å². The zero-order chi connectivity index (χ0) is 15.4. The van der Waals surface area contributed by atoms with Crippen LogP contribution >= 0.6 is 0 Å². The molecule has 1 atom stereocenters. The normalized spacial score (nSPS) is 17.6. The van der Waals surface area contributed by atoms with Crippen LogP contribution in [0.5, 0.6) is 0 Å². The Morgan fingerprint density at radius 2 is 1.91 bits per heavy atom. The molecule has 0 radical (unpaired) electrons. The molecular weight excluding hydrogens is 271 g/mol. The van der Waals surface area contributed by atoms with Crippen LogP contribution in [-0.4, -0.2) is 0 Å². The van der Waals surface area contributed by atoms with Gasteiger partial charge in [0.25, 0.3) is 0 Å². The van der Waals surface area contributed by atoms with Crippen LogP contribution in [0, 0.1) is 5.82 Å². The van der Waals surface area contributed by atoms with Crippen LogP contribution in [0.1, 0.15) is 47.9 Å². The molecule has 2 aromatic carbocycles. The quantitative estimate of drug-likeness (QED) is 0.643. The highest BCUT2D eigenvalue weighted by Crippen LogP contribution is 2.33. The third-order valence-corrected chi connectivity index (χ3v) is 4.68. The maximum atomic E-state index is 13.3. The monoisotopic (exact) mass is 294 g/mol. The zero-order valence-electron chi connectivity index (χ0n) is 13.2. The molecular formula is C21H23F. The summed E-state index contributed by atoms with van der Waals surface area (Å²) in [6, 6.07) is 14.3. The average molecular weight is 294 g/mol. The number of rotatable bonds is 4. The third-order valence-electron chi connectivity index (χ3n) is 4.68. The SMILES string of the molecule is C/C=C/CCc1ccc(C2CCc3cc(F)ccc3C2)cc1. The summed E-state index contributed by atoms with van der Waals surface area (Å²) < 4.78 is 13.3. The fraction of sp³-hybridized carbons (Fsp3) is 0.333. The summed E-state index contributed by atoms with van der Waals surface area (Å²) in [6.45, 7) is 2.07. The largest absolute Gasteiger partial charge is 0.207 e. The van der Waals surface area contributed by atoms with Gasteiger partial charge < -0.3 is 0 Å². The molecule has 1 heteroatoms. The van der Waals surface area contributed by atoms with Crippen molar-refractivity contribution in [3.05, 3.63) is 82.7 Å². The summed E-state index contributed by atoms with van der Waals surface area (Å²) in [7, 11) is 0. The first-order valence-electron chi connectivity index (χ1n) is 8.23. The minimum absolute atomic E-state index is 0.109. The number of aryl methyl sites for hydroxylation is 2. The van der Waals surface area contributed by atoms with Crippen molar-refractivity contribution >= 4 is 0 Å². The molecule has 0 amide bonds. The van der Waals surface area contributed by atoms with E-state index in [0.717, 1.165) is 32.1 Å². The van der Waals surface area contributed by atoms with E-state index < -0.39 is 0 Å². The van der Waals surface area contributed by atoms with Gasteiger partial charge in [-0.05, 0) is 79.3 Å². The van der Waals surface area contributed by atoms with Gasteiger partial charge in [0.1, 0.15) is 5.82 Å². The molecule has 0 fully saturated rings. The van der Waals surface area contributed by atoms with Crippen molar-refractivity contribution in [2.45, 2.75) is 44.9 Å². The van der Waals surface area contributed by atoms with Gasteiger partial charge in [0.05, 0.1) is 0 Å². The van der Waals surface area contributed by atoms with Crippen molar-refractivity contribution in [3.8, 4) is 0 Å². The van der Waals surface area contributed by atoms with E-state index in [1.807, 2.05) is 6.07 Å². The highest BCUT2D eigenvalue weighted by atomic mass is 19.1. The Bertz CT molecular complexity index is 652. The predicted octanol–water partition coefficient (Wildman–Crippen LogP) is 5.61. The van der Waals surface area contributed by atoms with Crippen LogP contribution in [-0.2, 0) is 19.3 Å². The van der Waals surface area contributed by atoms with Gasteiger partial charge in [-0.25, -0.2) is 4.39 Å². The van der Waals surface area contributed by atoms with Crippen molar-refractivity contribution < 1.29 is 4.39 Å². The summed E-state index contributed by atoms with van der Waals surface area (Å²) in [5.74, 6) is 0.463. The highest BCUT2D eigenvalue weighted by molar-refractivity contribution is 5.35. The molecule has 0 aliphatic heterocycles. The van der Waals surface area contributed by atoms with E-state index in [1.165, 1.54) is 22.3 Å². The Labute approximate surface area is 132 Å². The molecule has 3 rings (SSSR count). The van der Waals surface area contributed by atoms with Gasteiger partial charge in [-0.3, -0.25) is 0 Å². The molecule has 0 nitrogen and oxygen atoms in total. The summed E-state index contributed by atoms with van der Waals surface area (Å²) in [5.41, 5.74) is 5.33. The van der Waals surface area contributed by atoms with Gasteiger partial charge >= 0.3 is 0 Å². The molecule has 0 bridgehead atoms. The van der Waals surface area contributed by atoms with Crippen LogP contribution in [0.25, 0.3) is 0 Å². The predicted molar refractivity (Wildman–Crippen MR) is 90.7 cm³/mol. The second kappa shape index (κ2) is 6.91. The number of halogens is 1.